The number of carbonyl (C=O) groups is 1. The minimum absolute atomic E-state index is 0.0455. The first-order valence-corrected chi connectivity index (χ1v) is 8.25. The number of nitrogens with zero attached hydrogens (tertiary/aromatic N) is 1. The second-order valence-corrected chi connectivity index (χ2v) is 6.01. The Balaban J connectivity index is 1.25. The highest BCUT2D eigenvalue weighted by atomic mass is 16.5. The number of fused-ring (bicyclic) bond motifs is 2. The zero-order chi connectivity index (χ0) is 16.4. The number of hydrogen-bond donors (Lipinski definition) is 2. The van der Waals surface area contributed by atoms with Gasteiger partial charge in [0.1, 0.15) is 11.6 Å². The largest absolute Gasteiger partial charge is 0.480 e. The summed E-state index contributed by atoms with van der Waals surface area (Å²) in [5.41, 5.74) is 3.13. The van der Waals surface area contributed by atoms with Gasteiger partial charge in [-0.2, -0.15) is 0 Å². The van der Waals surface area contributed by atoms with Gasteiger partial charge in [-0.15, -0.1) is 0 Å². The van der Waals surface area contributed by atoms with Gasteiger partial charge < -0.3 is 15.0 Å². The molecule has 0 saturated heterocycles. The maximum absolute atomic E-state index is 12.2. The van der Waals surface area contributed by atoms with E-state index in [0.717, 1.165) is 41.0 Å². The van der Waals surface area contributed by atoms with Crippen LogP contribution in [0.2, 0.25) is 0 Å². The van der Waals surface area contributed by atoms with Gasteiger partial charge in [-0.25, -0.2) is 4.98 Å². The van der Waals surface area contributed by atoms with E-state index >= 15 is 0 Å². The average molecular weight is 321 g/mol. The molecule has 2 aromatic carbocycles. The van der Waals surface area contributed by atoms with Crippen molar-refractivity contribution in [3.05, 3.63) is 59.9 Å². The normalized spacial score (nSPS) is 15.9. The highest BCUT2D eigenvalue weighted by Gasteiger charge is 2.28. The number of hydrogen-bond acceptors (Lipinski definition) is 3. The number of ether oxygens (including phenoxy) is 1. The molecule has 1 aromatic heterocycles. The number of aryl methyl sites for hydroxylation is 1. The Morgan fingerprint density at radius 3 is 2.92 bits per heavy atom. The molecule has 3 aromatic rings. The van der Waals surface area contributed by atoms with E-state index in [1.165, 1.54) is 0 Å². The van der Waals surface area contributed by atoms with Gasteiger partial charge in [-0.3, -0.25) is 4.79 Å². The summed E-state index contributed by atoms with van der Waals surface area (Å²) in [5, 5.41) is 2.96. The molecule has 1 atom stereocenters. The number of H-pyrrole nitrogens is 1. The summed E-state index contributed by atoms with van der Waals surface area (Å²) in [7, 11) is 0. The number of imidazole rings is 1. The van der Waals surface area contributed by atoms with Crippen LogP contribution in [-0.2, 0) is 17.6 Å². The number of amides is 1. The fraction of sp³-hybridized carbons (Fsp3) is 0.263. The highest BCUT2D eigenvalue weighted by Crippen LogP contribution is 2.28. The first kappa shape index (κ1) is 14.8. The van der Waals surface area contributed by atoms with Gasteiger partial charge in [-0.05, 0) is 30.2 Å². The molecule has 1 aliphatic rings. The second kappa shape index (κ2) is 6.35. The highest BCUT2D eigenvalue weighted by molar-refractivity contribution is 5.82. The van der Waals surface area contributed by atoms with Gasteiger partial charge in [0.05, 0.1) is 11.0 Å². The van der Waals surface area contributed by atoms with Crippen molar-refractivity contribution in [1.29, 1.82) is 0 Å². The Morgan fingerprint density at radius 1 is 1.21 bits per heavy atom. The van der Waals surface area contributed by atoms with Gasteiger partial charge in [0.15, 0.2) is 6.10 Å². The molecule has 0 spiro atoms. The summed E-state index contributed by atoms with van der Waals surface area (Å²) in [4.78, 5) is 20.0. The molecule has 122 valence electrons. The molecular weight excluding hydrogens is 302 g/mol. The predicted molar refractivity (Wildman–Crippen MR) is 92.0 cm³/mol. The summed E-state index contributed by atoms with van der Waals surface area (Å²) in [5.74, 6) is 1.73. The summed E-state index contributed by atoms with van der Waals surface area (Å²) in [6, 6.07) is 15.8. The summed E-state index contributed by atoms with van der Waals surface area (Å²) in [6.07, 6.45) is 1.88. The van der Waals surface area contributed by atoms with Crippen molar-refractivity contribution in [2.24, 2.45) is 0 Å². The number of benzene rings is 2. The van der Waals surface area contributed by atoms with Gasteiger partial charge in [-0.1, -0.05) is 30.3 Å². The van der Waals surface area contributed by atoms with Crippen molar-refractivity contribution in [3.63, 3.8) is 0 Å². The molecule has 2 N–H and O–H groups in total. The van der Waals surface area contributed by atoms with E-state index in [1.807, 2.05) is 48.5 Å². The average Bonchev–Trinajstić information content (AvgIpc) is 3.21. The molecule has 0 aliphatic carbocycles. The summed E-state index contributed by atoms with van der Waals surface area (Å²) < 4.78 is 5.69. The molecule has 1 amide bonds. The van der Waals surface area contributed by atoms with Crippen LogP contribution in [0.25, 0.3) is 11.0 Å². The van der Waals surface area contributed by atoms with Crippen LogP contribution in [0.15, 0.2) is 48.5 Å². The number of rotatable bonds is 5. The third kappa shape index (κ3) is 2.97. The van der Waals surface area contributed by atoms with Gasteiger partial charge in [0, 0.05) is 19.4 Å². The fourth-order valence-electron chi connectivity index (χ4n) is 3.03. The Kier molecular flexibility index (Phi) is 3.91. The van der Waals surface area contributed by atoms with Crippen LogP contribution in [-0.4, -0.2) is 28.5 Å². The lowest BCUT2D eigenvalue weighted by Gasteiger charge is -2.10. The minimum Gasteiger partial charge on any atom is -0.480 e. The maximum Gasteiger partial charge on any atom is 0.261 e. The smallest absolute Gasteiger partial charge is 0.261 e. The molecule has 24 heavy (non-hydrogen) atoms. The van der Waals surface area contributed by atoms with Crippen molar-refractivity contribution in [1.82, 2.24) is 15.3 Å². The molecule has 0 unspecified atom stereocenters. The lowest BCUT2D eigenvalue weighted by Crippen LogP contribution is -2.38. The van der Waals surface area contributed by atoms with E-state index in [9.17, 15) is 4.79 Å². The third-order valence-corrected chi connectivity index (χ3v) is 4.27. The minimum atomic E-state index is -0.409. The number of aromatic nitrogens is 2. The van der Waals surface area contributed by atoms with E-state index in [2.05, 4.69) is 15.3 Å². The van der Waals surface area contributed by atoms with Crippen LogP contribution in [0, 0.1) is 0 Å². The first-order valence-electron chi connectivity index (χ1n) is 8.25. The maximum atomic E-state index is 12.2. The number of para-hydroxylation sites is 3. The fourth-order valence-corrected chi connectivity index (χ4v) is 3.03. The second-order valence-electron chi connectivity index (χ2n) is 6.01. The molecule has 2 heterocycles. The van der Waals surface area contributed by atoms with Crippen LogP contribution in [0.5, 0.6) is 5.75 Å². The topological polar surface area (TPSA) is 67.0 Å². The van der Waals surface area contributed by atoms with Crippen LogP contribution >= 0.6 is 0 Å². The number of nitrogens with one attached hydrogen (secondary N) is 2. The van der Waals surface area contributed by atoms with E-state index in [0.29, 0.717) is 13.0 Å². The zero-order valence-corrected chi connectivity index (χ0v) is 13.3. The standard InChI is InChI=1S/C19H19N3O2/c23-19(17-12-13-6-1-4-9-16(13)24-17)20-11-5-10-18-21-14-7-2-3-8-15(14)22-18/h1-4,6-9,17H,5,10-12H2,(H,20,23)(H,21,22)/t17-/m1/s1. The van der Waals surface area contributed by atoms with E-state index in [-0.39, 0.29) is 5.91 Å². The molecule has 0 fully saturated rings. The molecule has 4 rings (SSSR count). The lowest BCUT2D eigenvalue weighted by molar-refractivity contribution is -0.127. The van der Waals surface area contributed by atoms with E-state index < -0.39 is 6.10 Å². The van der Waals surface area contributed by atoms with Gasteiger partial charge in [0.25, 0.3) is 5.91 Å². The van der Waals surface area contributed by atoms with E-state index in [1.54, 1.807) is 0 Å². The quantitative estimate of drug-likeness (QED) is 0.710. The molecule has 5 heteroatoms. The van der Waals surface area contributed by atoms with Crippen LogP contribution in [0.1, 0.15) is 17.8 Å². The molecule has 5 nitrogen and oxygen atoms in total. The zero-order valence-electron chi connectivity index (χ0n) is 13.3. The predicted octanol–water partition coefficient (Wildman–Crippen LogP) is 2.62. The lowest BCUT2D eigenvalue weighted by atomic mass is 10.1. The van der Waals surface area contributed by atoms with E-state index in [4.69, 9.17) is 4.74 Å². The van der Waals surface area contributed by atoms with Crippen LogP contribution in [0.3, 0.4) is 0 Å². The van der Waals surface area contributed by atoms with Crippen molar-refractivity contribution >= 4 is 16.9 Å². The molecule has 0 bridgehead atoms. The molecule has 1 aliphatic heterocycles. The Labute approximate surface area is 140 Å². The Bertz CT molecular complexity index is 814. The number of aromatic amines is 1. The Morgan fingerprint density at radius 2 is 2.04 bits per heavy atom. The van der Waals surface area contributed by atoms with Crippen molar-refractivity contribution in [2.75, 3.05) is 6.54 Å². The monoisotopic (exact) mass is 321 g/mol. The van der Waals surface area contributed by atoms with Gasteiger partial charge in [0.2, 0.25) is 0 Å². The SMILES string of the molecule is O=C(NCCCc1nc2ccccc2[nH]1)[C@H]1Cc2ccccc2O1. The molecule has 0 saturated carbocycles. The summed E-state index contributed by atoms with van der Waals surface area (Å²) >= 11 is 0. The van der Waals surface area contributed by atoms with Crippen molar-refractivity contribution in [3.8, 4) is 5.75 Å². The Hall–Kier alpha value is -2.82. The third-order valence-electron chi connectivity index (χ3n) is 4.27. The molecule has 0 radical (unpaired) electrons. The van der Waals surface area contributed by atoms with Gasteiger partial charge >= 0.3 is 0 Å². The van der Waals surface area contributed by atoms with Crippen molar-refractivity contribution in [2.45, 2.75) is 25.4 Å². The number of carbonyl (C=O) groups excluding carboxylic acids is 1. The van der Waals surface area contributed by atoms with Crippen LogP contribution < -0.4 is 10.1 Å². The molecular formula is C19H19N3O2. The van der Waals surface area contributed by atoms with Crippen LogP contribution in [0.4, 0.5) is 0 Å². The summed E-state index contributed by atoms with van der Waals surface area (Å²) in [6.45, 7) is 0.617. The first-order chi connectivity index (χ1) is 11.8. The van der Waals surface area contributed by atoms with Crippen molar-refractivity contribution < 1.29 is 9.53 Å².